The Hall–Kier alpha value is -2.48. The van der Waals surface area contributed by atoms with Gasteiger partial charge in [0.1, 0.15) is 5.60 Å². The molecule has 0 aliphatic rings. The van der Waals surface area contributed by atoms with E-state index in [-0.39, 0.29) is 13.0 Å². The van der Waals surface area contributed by atoms with Crippen molar-refractivity contribution < 1.29 is 19.4 Å². The van der Waals surface area contributed by atoms with E-state index in [0.717, 1.165) is 11.1 Å². The molecule has 0 radical (unpaired) electrons. The molecule has 0 aliphatic carbocycles. The van der Waals surface area contributed by atoms with Gasteiger partial charge in [-0.3, -0.25) is 4.79 Å². The molecule has 0 fully saturated rings. The van der Waals surface area contributed by atoms with Gasteiger partial charge in [0.15, 0.2) is 0 Å². The number of carboxylic acid groups (broad SMARTS) is 1. The van der Waals surface area contributed by atoms with Gasteiger partial charge >= 0.3 is 12.1 Å². The monoisotopic (exact) mass is 303 g/mol. The third-order valence-electron chi connectivity index (χ3n) is 2.53. The molecule has 5 heteroatoms. The average molecular weight is 303 g/mol. The molecule has 1 aromatic rings. The Kier molecular flexibility index (Phi) is 6.46. The summed E-state index contributed by atoms with van der Waals surface area (Å²) in [5.41, 5.74) is 1.24. The zero-order chi connectivity index (χ0) is 16.6. The highest BCUT2D eigenvalue weighted by molar-refractivity contribution is 5.68. The van der Waals surface area contributed by atoms with Gasteiger partial charge in [0, 0.05) is 12.0 Å². The quantitative estimate of drug-likeness (QED) is 0.838. The van der Waals surface area contributed by atoms with Crippen molar-refractivity contribution in [1.82, 2.24) is 5.32 Å². The molecule has 0 aliphatic heterocycles. The molecule has 1 rings (SSSR count). The molecule has 0 atom stereocenters. The van der Waals surface area contributed by atoms with Crippen LogP contribution in [-0.4, -0.2) is 29.3 Å². The second-order valence-electron chi connectivity index (χ2n) is 5.75. The Labute approximate surface area is 130 Å². The van der Waals surface area contributed by atoms with Crippen molar-refractivity contribution in [1.29, 1.82) is 0 Å². The maximum absolute atomic E-state index is 11.4. The van der Waals surface area contributed by atoms with Crippen molar-refractivity contribution in [3.05, 3.63) is 35.4 Å². The van der Waals surface area contributed by atoms with Crippen LogP contribution in [0, 0.1) is 11.8 Å². The summed E-state index contributed by atoms with van der Waals surface area (Å²) >= 11 is 0. The number of amides is 1. The van der Waals surface area contributed by atoms with E-state index in [2.05, 4.69) is 17.2 Å². The number of rotatable bonds is 4. The third kappa shape index (κ3) is 7.95. The number of alkyl carbamates (subject to hydrolysis) is 1. The minimum atomic E-state index is -0.808. The summed E-state index contributed by atoms with van der Waals surface area (Å²) in [4.78, 5) is 21.9. The molecule has 0 spiro atoms. The maximum Gasteiger partial charge on any atom is 0.408 e. The lowest BCUT2D eigenvalue weighted by molar-refractivity contribution is -0.136. The van der Waals surface area contributed by atoms with Crippen LogP contribution in [0.3, 0.4) is 0 Å². The summed E-state index contributed by atoms with van der Waals surface area (Å²) < 4.78 is 5.09. The van der Waals surface area contributed by atoms with E-state index in [1.165, 1.54) is 0 Å². The number of carboxylic acids is 1. The van der Waals surface area contributed by atoms with Crippen LogP contribution in [0.2, 0.25) is 0 Å². The number of carbonyl (C=O) groups is 2. The van der Waals surface area contributed by atoms with Crippen LogP contribution in [0.25, 0.3) is 0 Å². The highest BCUT2D eigenvalue weighted by Crippen LogP contribution is 2.07. The van der Waals surface area contributed by atoms with Crippen molar-refractivity contribution in [3.8, 4) is 11.8 Å². The van der Waals surface area contributed by atoms with Crippen LogP contribution in [-0.2, 0) is 16.0 Å². The lowest BCUT2D eigenvalue weighted by Crippen LogP contribution is -2.32. The summed E-state index contributed by atoms with van der Waals surface area (Å²) in [6.45, 7) is 5.59. The van der Waals surface area contributed by atoms with Crippen molar-refractivity contribution in [3.63, 3.8) is 0 Å². The van der Waals surface area contributed by atoms with Crippen LogP contribution in [0.1, 0.15) is 38.3 Å². The van der Waals surface area contributed by atoms with Crippen LogP contribution >= 0.6 is 0 Å². The lowest BCUT2D eigenvalue weighted by atomic mass is 10.1. The Bertz CT molecular complexity index is 573. The predicted octanol–water partition coefficient (Wildman–Crippen LogP) is 2.58. The molecule has 22 heavy (non-hydrogen) atoms. The number of ether oxygens (including phenoxy) is 1. The molecule has 118 valence electrons. The Balaban J connectivity index is 2.42. The fraction of sp³-hybridized carbons (Fsp3) is 0.412. The van der Waals surface area contributed by atoms with E-state index in [4.69, 9.17) is 9.84 Å². The molecule has 1 aromatic carbocycles. The minimum Gasteiger partial charge on any atom is -0.481 e. The smallest absolute Gasteiger partial charge is 0.408 e. The Morgan fingerprint density at radius 3 is 2.41 bits per heavy atom. The standard InChI is InChI=1S/C17H21NO4/c1-17(2,3)22-16(21)18-12-4-5-13-6-8-14(9-7-13)10-11-15(19)20/h6-9H,10-12H2,1-3H3,(H,18,21)(H,19,20). The highest BCUT2D eigenvalue weighted by Gasteiger charge is 2.14. The van der Waals surface area contributed by atoms with Crippen molar-refractivity contribution in [2.45, 2.75) is 39.2 Å². The van der Waals surface area contributed by atoms with Crippen LogP contribution in [0.5, 0.6) is 0 Å². The van der Waals surface area contributed by atoms with E-state index in [1.807, 2.05) is 24.3 Å². The molecule has 1 amide bonds. The summed E-state index contributed by atoms with van der Waals surface area (Å²) in [5, 5.41) is 11.2. The van der Waals surface area contributed by atoms with Gasteiger partial charge in [0.05, 0.1) is 6.54 Å². The molecular formula is C17H21NO4. The van der Waals surface area contributed by atoms with Gasteiger partial charge in [-0.1, -0.05) is 24.0 Å². The molecule has 0 unspecified atom stereocenters. The first-order chi connectivity index (χ1) is 10.3. The van der Waals surface area contributed by atoms with Gasteiger partial charge < -0.3 is 15.2 Å². The van der Waals surface area contributed by atoms with E-state index >= 15 is 0 Å². The zero-order valence-corrected chi connectivity index (χ0v) is 13.1. The van der Waals surface area contributed by atoms with Crippen molar-refractivity contribution in [2.75, 3.05) is 6.54 Å². The first kappa shape index (κ1) is 17.6. The van der Waals surface area contributed by atoms with Gasteiger partial charge in [-0.2, -0.15) is 0 Å². The van der Waals surface area contributed by atoms with Gasteiger partial charge in [0.25, 0.3) is 0 Å². The second-order valence-corrected chi connectivity index (χ2v) is 5.75. The minimum absolute atomic E-state index is 0.116. The number of carbonyl (C=O) groups excluding carboxylic acids is 1. The van der Waals surface area contributed by atoms with Crippen molar-refractivity contribution >= 4 is 12.1 Å². The van der Waals surface area contributed by atoms with Crippen LogP contribution in [0.15, 0.2) is 24.3 Å². The zero-order valence-electron chi connectivity index (χ0n) is 13.1. The average Bonchev–Trinajstić information content (AvgIpc) is 2.40. The summed E-state index contributed by atoms with van der Waals surface area (Å²) in [6, 6.07) is 7.37. The van der Waals surface area contributed by atoms with E-state index in [0.29, 0.717) is 6.42 Å². The lowest BCUT2D eigenvalue weighted by Gasteiger charge is -2.18. The van der Waals surface area contributed by atoms with E-state index < -0.39 is 17.7 Å². The number of nitrogens with one attached hydrogen (secondary N) is 1. The summed E-state index contributed by atoms with van der Waals surface area (Å²) in [7, 11) is 0. The number of hydrogen-bond donors (Lipinski definition) is 2. The summed E-state index contributed by atoms with van der Waals surface area (Å²) in [6.07, 6.45) is 0.125. The van der Waals surface area contributed by atoms with Crippen molar-refractivity contribution in [2.24, 2.45) is 0 Å². The SMILES string of the molecule is CC(C)(C)OC(=O)NCC#Cc1ccc(CCC(=O)O)cc1. The molecule has 0 bridgehead atoms. The molecule has 0 aromatic heterocycles. The topological polar surface area (TPSA) is 75.6 Å². The molecule has 0 saturated heterocycles. The molecule has 0 saturated carbocycles. The number of hydrogen-bond acceptors (Lipinski definition) is 3. The number of aliphatic carboxylic acids is 1. The van der Waals surface area contributed by atoms with Gasteiger partial charge in [-0.15, -0.1) is 0 Å². The van der Waals surface area contributed by atoms with E-state index in [1.54, 1.807) is 20.8 Å². The van der Waals surface area contributed by atoms with Gasteiger partial charge in [-0.05, 0) is 44.9 Å². The highest BCUT2D eigenvalue weighted by atomic mass is 16.6. The van der Waals surface area contributed by atoms with E-state index in [9.17, 15) is 9.59 Å². The Morgan fingerprint density at radius 2 is 1.86 bits per heavy atom. The normalized spacial score (nSPS) is 10.3. The van der Waals surface area contributed by atoms with Gasteiger partial charge in [0.2, 0.25) is 0 Å². The fourth-order valence-corrected chi connectivity index (χ4v) is 1.58. The Morgan fingerprint density at radius 1 is 1.23 bits per heavy atom. The maximum atomic E-state index is 11.4. The first-order valence-electron chi connectivity index (χ1n) is 7.03. The van der Waals surface area contributed by atoms with Crippen LogP contribution < -0.4 is 5.32 Å². The number of benzene rings is 1. The molecular weight excluding hydrogens is 282 g/mol. The number of aryl methyl sites for hydroxylation is 1. The third-order valence-corrected chi connectivity index (χ3v) is 2.53. The largest absolute Gasteiger partial charge is 0.481 e. The fourth-order valence-electron chi connectivity index (χ4n) is 1.58. The molecule has 5 nitrogen and oxygen atoms in total. The molecule has 2 N–H and O–H groups in total. The predicted molar refractivity (Wildman–Crippen MR) is 83.5 cm³/mol. The second kappa shape index (κ2) is 8.08. The first-order valence-corrected chi connectivity index (χ1v) is 7.03. The molecule has 0 heterocycles. The summed E-state index contributed by atoms with van der Waals surface area (Å²) in [5.74, 6) is 4.94. The van der Waals surface area contributed by atoms with Crippen LogP contribution in [0.4, 0.5) is 4.79 Å². The van der Waals surface area contributed by atoms with Gasteiger partial charge in [-0.25, -0.2) is 4.79 Å².